The van der Waals surface area contributed by atoms with Gasteiger partial charge < -0.3 is 10.2 Å². The van der Waals surface area contributed by atoms with Gasteiger partial charge in [0.1, 0.15) is 17.5 Å². The summed E-state index contributed by atoms with van der Waals surface area (Å²) in [6.07, 6.45) is 0. The Bertz CT molecular complexity index is 1000. The van der Waals surface area contributed by atoms with E-state index in [9.17, 15) is 13.6 Å². The number of nitrogens with zero attached hydrogens (tertiary/aromatic N) is 4. The number of carbonyl (C=O) groups excluding carboxylic acids is 1. The first kappa shape index (κ1) is 18.2. The number of aromatic nitrogens is 3. The van der Waals surface area contributed by atoms with Gasteiger partial charge >= 0.3 is 0 Å². The molecule has 2 aromatic carbocycles. The Hall–Kier alpha value is -3.13. The van der Waals surface area contributed by atoms with Gasteiger partial charge in [-0.2, -0.15) is 0 Å². The second kappa shape index (κ2) is 7.47. The highest BCUT2D eigenvalue weighted by molar-refractivity contribution is 5.91. The Morgan fingerprint density at radius 1 is 1.14 bits per heavy atom. The Labute approximate surface area is 160 Å². The lowest BCUT2D eigenvalue weighted by Gasteiger charge is -2.35. The smallest absolute Gasteiger partial charge is 0.294 e. The zero-order valence-electron chi connectivity index (χ0n) is 15.3. The molecular weight excluding hydrogens is 364 g/mol. The van der Waals surface area contributed by atoms with Crippen LogP contribution in [0.3, 0.4) is 0 Å². The highest BCUT2D eigenvalue weighted by atomic mass is 19.1. The monoisotopic (exact) mass is 383 g/mol. The molecule has 1 atom stereocenters. The van der Waals surface area contributed by atoms with E-state index in [1.807, 2.05) is 0 Å². The number of benzene rings is 2. The summed E-state index contributed by atoms with van der Waals surface area (Å²) in [6.45, 7) is 3.35. The largest absolute Gasteiger partial charge is 0.326 e. The highest BCUT2D eigenvalue weighted by Crippen LogP contribution is 2.24. The number of halogens is 2. The van der Waals surface area contributed by atoms with Gasteiger partial charge in [-0.15, -0.1) is 5.10 Å². The summed E-state index contributed by atoms with van der Waals surface area (Å²) >= 11 is 0. The number of amides is 1. The van der Waals surface area contributed by atoms with E-state index in [1.165, 1.54) is 28.9 Å². The maximum Gasteiger partial charge on any atom is 0.294 e. The summed E-state index contributed by atoms with van der Waals surface area (Å²) in [5, 5.41) is 7.57. The lowest BCUT2D eigenvalue weighted by molar-refractivity contribution is 0.0621. The van der Waals surface area contributed by atoms with Gasteiger partial charge in [-0.05, 0) is 48.9 Å². The molecule has 3 aromatic rings. The van der Waals surface area contributed by atoms with Gasteiger partial charge in [0.05, 0.1) is 11.7 Å². The predicted molar refractivity (Wildman–Crippen MR) is 99.1 cm³/mol. The SMILES string of the molecule is Cc1nc(C(=O)N2CCNCC2c2cccc(F)c2)nn1-c1ccc(F)cc1. The van der Waals surface area contributed by atoms with Crippen molar-refractivity contribution in [2.24, 2.45) is 0 Å². The maximum absolute atomic E-state index is 13.7. The molecule has 1 aromatic heterocycles. The van der Waals surface area contributed by atoms with Gasteiger partial charge in [0, 0.05) is 19.6 Å². The van der Waals surface area contributed by atoms with Crippen LogP contribution in [0.1, 0.15) is 28.0 Å². The summed E-state index contributed by atoms with van der Waals surface area (Å²) in [7, 11) is 0. The fraction of sp³-hybridized carbons (Fsp3) is 0.250. The predicted octanol–water partition coefficient (Wildman–Crippen LogP) is 2.64. The van der Waals surface area contributed by atoms with Gasteiger partial charge in [-0.25, -0.2) is 18.4 Å². The first-order valence-corrected chi connectivity index (χ1v) is 8.99. The topological polar surface area (TPSA) is 63.1 Å². The van der Waals surface area contributed by atoms with Crippen molar-refractivity contribution in [3.63, 3.8) is 0 Å². The van der Waals surface area contributed by atoms with Crippen molar-refractivity contribution in [2.45, 2.75) is 13.0 Å². The quantitative estimate of drug-likeness (QED) is 0.755. The number of piperazine rings is 1. The molecule has 0 aliphatic carbocycles. The minimum absolute atomic E-state index is 0.0603. The van der Waals surface area contributed by atoms with Gasteiger partial charge in [0.2, 0.25) is 5.82 Å². The van der Waals surface area contributed by atoms with Crippen molar-refractivity contribution < 1.29 is 13.6 Å². The lowest BCUT2D eigenvalue weighted by atomic mass is 10.0. The minimum atomic E-state index is -0.350. The van der Waals surface area contributed by atoms with Crippen LogP contribution < -0.4 is 5.32 Å². The van der Waals surface area contributed by atoms with Crippen molar-refractivity contribution in [1.82, 2.24) is 25.0 Å². The molecule has 1 fully saturated rings. The Morgan fingerprint density at radius 3 is 2.68 bits per heavy atom. The van der Waals surface area contributed by atoms with Crippen LogP contribution in [-0.4, -0.2) is 45.2 Å². The van der Waals surface area contributed by atoms with Gasteiger partial charge in [-0.1, -0.05) is 12.1 Å². The molecule has 1 amide bonds. The molecule has 4 rings (SSSR count). The van der Waals surface area contributed by atoms with E-state index in [1.54, 1.807) is 36.1 Å². The first-order valence-electron chi connectivity index (χ1n) is 8.99. The van der Waals surface area contributed by atoms with E-state index in [2.05, 4.69) is 15.4 Å². The summed E-state index contributed by atoms with van der Waals surface area (Å²) in [4.78, 5) is 19.1. The minimum Gasteiger partial charge on any atom is -0.326 e. The fourth-order valence-corrected chi connectivity index (χ4v) is 3.40. The van der Waals surface area contributed by atoms with E-state index in [0.29, 0.717) is 31.1 Å². The summed E-state index contributed by atoms with van der Waals surface area (Å²) in [5.41, 5.74) is 1.34. The number of nitrogens with one attached hydrogen (secondary N) is 1. The molecule has 0 spiro atoms. The Morgan fingerprint density at radius 2 is 1.93 bits per heavy atom. The molecule has 6 nitrogen and oxygen atoms in total. The fourth-order valence-electron chi connectivity index (χ4n) is 3.40. The molecule has 1 unspecified atom stereocenters. The average Bonchev–Trinajstić information content (AvgIpc) is 3.10. The number of hydrogen-bond acceptors (Lipinski definition) is 4. The molecule has 1 N–H and O–H groups in total. The van der Waals surface area contributed by atoms with Crippen LogP contribution in [0.4, 0.5) is 8.78 Å². The third-order valence-corrected chi connectivity index (χ3v) is 4.77. The zero-order chi connectivity index (χ0) is 19.7. The van der Waals surface area contributed by atoms with E-state index in [-0.39, 0.29) is 29.4 Å². The number of aryl methyl sites for hydroxylation is 1. The van der Waals surface area contributed by atoms with Crippen LogP contribution in [0.25, 0.3) is 5.69 Å². The highest BCUT2D eigenvalue weighted by Gasteiger charge is 2.31. The van der Waals surface area contributed by atoms with Gasteiger partial charge in [0.15, 0.2) is 0 Å². The summed E-state index contributed by atoms with van der Waals surface area (Å²) < 4.78 is 28.3. The van der Waals surface area contributed by atoms with E-state index in [4.69, 9.17) is 0 Å². The molecule has 8 heteroatoms. The third kappa shape index (κ3) is 3.50. The molecular formula is C20H19F2N5O. The molecule has 28 heavy (non-hydrogen) atoms. The molecule has 144 valence electrons. The molecule has 0 saturated carbocycles. The van der Waals surface area contributed by atoms with E-state index < -0.39 is 0 Å². The zero-order valence-corrected chi connectivity index (χ0v) is 15.3. The van der Waals surface area contributed by atoms with Crippen molar-refractivity contribution >= 4 is 5.91 Å². The molecule has 2 heterocycles. The first-order chi connectivity index (χ1) is 13.5. The second-order valence-corrected chi connectivity index (χ2v) is 6.64. The summed E-state index contributed by atoms with van der Waals surface area (Å²) in [5.74, 6) is -0.432. The van der Waals surface area contributed by atoms with Gasteiger partial charge in [0.25, 0.3) is 5.91 Å². The standard InChI is InChI=1S/C20H19F2N5O/c1-13-24-19(25-27(13)17-7-5-15(21)6-8-17)20(28)26-10-9-23-12-18(26)14-3-2-4-16(22)11-14/h2-8,11,18,23H,9-10,12H2,1H3. The second-order valence-electron chi connectivity index (χ2n) is 6.64. The van der Waals surface area contributed by atoms with E-state index >= 15 is 0 Å². The van der Waals surface area contributed by atoms with Crippen LogP contribution in [-0.2, 0) is 0 Å². The van der Waals surface area contributed by atoms with Gasteiger partial charge in [-0.3, -0.25) is 4.79 Å². The number of hydrogen-bond donors (Lipinski definition) is 1. The number of carbonyl (C=O) groups is 1. The van der Waals surface area contributed by atoms with Crippen molar-refractivity contribution in [2.75, 3.05) is 19.6 Å². The Balaban J connectivity index is 1.64. The Kier molecular flexibility index (Phi) is 4.87. The van der Waals surface area contributed by atoms with Crippen molar-refractivity contribution in [3.05, 3.63) is 77.4 Å². The van der Waals surface area contributed by atoms with Crippen molar-refractivity contribution in [3.8, 4) is 5.69 Å². The lowest BCUT2D eigenvalue weighted by Crippen LogP contribution is -2.49. The average molecular weight is 383 g/mol. The third-order valence-electron chi connectivity index (χ3n) is 4.77. The van der Waals surface area contributed by atoms with Crippen LogP contribution in [0, 0.1) is 18.6 Å². The van der Waals surface area contributed by atoms with Crippen LogP contribution in [0.5, 0.6) is 0 Å². The van der Waals surface area contributed by atoms with Crippen LogP contribution in [0.2, 0.25) is 0 Å². The van der Waals surface area contributed by atoms with Crippen molar-refractivity contribution in [1.29, 1.82) is 0 Å². The van der Waals surface area contributed by atoms with Crippen LogP contribution >= 0.6 is 0 Å². The van der Waals surface area contributed by atoms with Crippen LogP contribution in [0.15, 0.2) is 48.5 Å². The molecule has 1 aliphatic heterocycles. The molecule has 0 bridgehead atoms. The molecule has 0 radical (unpaired) electrons. The van der Waals surface area contributed by atoms with E-state index in [0.717, 1.165) is 5.56 Å². The maximum atomic E-state index is 13.7. The normalized spacial score (nSPS) is 17.0. The molecule has 1 aliphatic rings. The summed E-state index contributed by atoms with van der Waals surface area (Å²) in [6, 6.07) is 11.7. The number of rotatable bonds is 3. The molecule has 1 saturated heterocycles.